The van der Waals surface area contributed by atoms with Crippen molar-refractivity contribution in [3.8, 4) is 11.5 Å². The van der Waals surface area contributed by atoms with Gasteiger partial charge >= 0.3 is 0 Å². The van der Waals surface area contributed by atoms with Crippen molar-refractivity contribution in [1.82, 2.24) is 15.5 Å². The number of hydrogen-bond acceptors (Lipinski definition) is 4. The van der Waals surface area contributed by atoms with Crippen LogP contribution in [0.4, 0.5) is 0 Å². The standard InChI is InChI=1S/C23H30N4O3.HI/c1-24-23(26-15-18-9-10-20(29-2)21(13-18)30-3)25-14-17-6-4-7-19(12-17)16-27-11-5-8-22(27)28;/h4,6-7,9-10,12-13H,5,8,11,14-16H2,1-3H3,(H2,24,25,26);1H. The molecule has 2 aromatic carbocycles. The van der Waals surface area contributed by atoms with Crippen LogP contribution in [0.25, 0.3) is 0 Å². The Balaban J connectivity index is 0.00000341. The van der Waals surface area contributed by atoms with E-state index in [-0.39, 0.29) is 29.9 Å². The first kappa shape index (κ1) is 24.8. The van der Waals surface area contributed by atoms with E-state index < -0.39 is 0 Å². The van der Waals surface area contributed by atoms with Gasteiger partial charge in [-0.25, -0.2) is 0 Å². The number of methoxy groups -OCH3 is 2. The fourth-order valence-electron chi connectivity index (χ4n) is 3.51. The Morgan fingerprint density at radius 3 is 2.29 bits per heavy atom. The number of hydrogen-bond donors (Lipinski definition) is 2. The largest absolute Gasteiger partial charge is 0.493 e. The van der Waals surface area contributed by atoms with Gasteiger partial charge in [-0.05, 0) is 35.2 Å². The number of carbonyl (C=O) groups excluding carboxylic acids is 1. The highest BCUT2D eigenvalue weighted by Gasteiger charge is 2.19. The quantitative estimate of drug-likeness (QED) is 0.307. The van der Waals surface area contributed by atoms with Crippen LogP contribution >= 0.6 is 24.0 Å². The Hall–Kier alpha value is -2.49. The second-order valence-corrected chi connectivity index (χ2v) is 7.21. The van der Waals surface area contributed by atoms with Crippen LogP contribution in [0, 0.1) is 0 Å². The number of likely N-dealkylation sites (tertiary alicyclic amines) is 1. The van der Waals surface area contributed by atoms with E-state index in [1.54, 1.807) is 21.3 Å². The molecule has 1 aliphatic heterocycles. The monoisotopic (exact) mass is 538 g/mol. The lowest BCUT2D eigenvalue weighted by Gasteiger charge is -2.17. The van der Waals surface area contributed by atoms with Gasteiger partial charge in [-0.1, -0.05) is 30.3 Å². The number of rotatable bonds is 8. The summed E-state index contributed by atoms with van der Waals surface area (Å²) in [5.74, 6) is 2.37. The molecule has 1 amide bonds. The van der Waals surface area contributed by atoms with E-state index in [1.807, 2.05) is 29.2 Å². The van der Waals surface area contributed by atoms with Crippen molar-refractivity contribution in [2.24, 2.45) is 4.99 Å². The van der Waals surface area contributed by atoms with Crippen molar-refractivity contribution in [3.63, 3.8) is 0 Å². The lowest BCUT2D eigenvalue weighted by atomic mass is 10.1. The molecule has 0 atom stereocenters. The molecule has 3 rings (SSSR count). The number of aliphatic imine (C=N–C) groups is 1. The second kappa shape index (κ2) is 12.4. The molecule has 0 radical (unpaired) electrons. The molecule has 8 heteroatoms. The van der Waals surface area contributed by atoms with E-state index in [4.69, 9.17) is 9.47 Å². The van der Waals surface area contributed by atoms with Crippen LogP contribution in [0.15, 0.2) is 47.5 Å². The summed E-state index contributed by atoms with van der Waals surface area (Å²) in [7, 11) is 5.00. The van der Waals surface area contributed by atoms with E-state index >= 15 is 0 Å². The highest BCUT2D eigenvalue weighted by Crippen LogP contribution is 2.27. The molecule has 0 saturated carbocycles. The van der Waals surface area contributed by atoms with Gasteiger partial charge < -0.3 is 25.0 Å². The van der Waals surface area contributed by atoms with E-state index in [1.165, 1.54) is 0 Å². The lowest BCUT2D eigenvalue weighted by Crippen LogP contribution is -2.36. The van der Waals surface area contributed by atoms with Crippen molar-refractivity contribution in [3.05, 3.63) is 59.2 Å². The van der Waals surface area contributed by atoms with Gasteiger partial charge in [0.15, 0.2) is 17.5 Å². The van der Waals surface area contributed by atoms with Gasteiger partial charge in [0.1, 0.15) is 0 Å². The summed E-state index contributed by atoms with van der Waals surface area (Å²) in [6.07, 6.45) is 1.63. The lowest BCUT2D eigenvalue weighted by molar-refractivity contribution is -0.128. The summed E-state index contributed by atoms with van der Waals surface area (Å²) >= 11 is 0. The summed E-state index contributed by atoms with van der Waals surface area (Å²) in [4.78, 5) is 18.1. The second-order valence-electron chi connectivity index (χ2n) is 7.21. The minimum absolute atomic E-state index is 0. The molecule has 0 aliphatic carbocycles. The van der Waals surface area contributed by atoms with Crippen LogP contribution < -0.4 is 20.1 Å². The third-order valence-corrected chi connectivity index (χ3v) is 5.13. The third-order valence-electron chi connectivity index (χ3n) is 5.13. The summed E-state index contributed by atoms with van der Waals surface area (Å²) in [5.41, 5.74) is 3.36. The number of nitrogens with one attached hydrogen (secondary N) is 2. The maximum atomic E-state index is 11.9. The van der Waals surface area contributed by atoms with Crippen LogP contribution in [0.2, 0.25) is 0 Å². The first-order valence-corrected chi connectivity index (χ1v) is 10.1. The Bertz CT molecular complexity index is 904. The molecule has 0 spiro atoms. The minimum Gasteiger partial charge on any atom is -0.493 e. The average molecular weight is 538 g/mol. The van der Waals surface area contributed by atoms with Crippen LogP contribution in [0.5, 0.6) is 11.5 Å². The SMILES string of the molecule is CN=C(NCc1cccc(CN2CCCC2=O)c1)NCc1ccc(OC)c(OC)c1.I. The van der Waals surface area contributed by atoms with Crippen molar-refractivity contribution >= 4 is 35.8 Å². The summed E-state index contributed by atoms with van der Waals surface area (Å²) in [6.45, 7) is 2.79. The predicted molar refractivity (Wildman–Crippen MR) is 133 cm³/mol. The fraction of sp³-hybridized carbons (Fsp3) is 0.391. The molecule has 1 aliphatic rings. The zero-order chi connectivity index (χ0) is 21.3. The van der Waals surface area contributed by atoms with Gasteiger partial charge in [0.25, 0.3) is 0 Å². The van der Waals surface area contributed by atoms with Gasteiger partial charge in [-0.15, -0.1) is 24.0 Å². The minimum atomic E-state index is 0. The normalized spacial score (nSPS) is 13.6. The Morgan fingerprint density at radius 2 is 1.68 bits per heavy atom. The Kier molecular flexibility index (Phi) is 9.90. The van der Waals surface area contributed by atoms with E-state index in [0.29, 0.717) is 43.5 Å². The summed E-state index contributed by atoms with van der Waals surface area (Å²) in [6, 6.07) is 14.1. The third kappa shape index (κ3) is 7.02. The number of ether oxygens (including phenoxy) is 2. The van der Waals surface area contributed by atoms with Gasteiger partial charge in [0, 0.05) is 39.6 Å². The smallest absolute Gasteiger partial charge is 0.222 e. The zero-order valence-corrected chi connectivity index (χ0v) is 20.6. The van der Waals surface area contributed by atoms with E-state index in [2.05, 4.69) is 33.8 Å². The maximum Gasteiger partial charge on any atom is 0.222 e. The van der Waals surface area contributed by atoms with Crippen molar-refractivity contribution in [2.45, 2.75) is 32.5 Å². The van der Waals surface area contributed by atoms with Gasteiger partial charge in [0.05, 0.1) is 14.2 Å². The number of benzene rings is 2. The molecule has 2 N–H and O–H groups in total. The molecule has 168 valence electrons. The number of guanidine groups is 1. The van der Waals surface area contributed by atoms with Crippen LogP contribution in [0.1, 0.15) is 29.5 Å². The Labute approximate surface area is 201 Å². The average Bonchev–Trinajstić information content (AvgIpc) is 3.18. The van der Waals surface area contributed by atoms with Gasteiger partial charge in [-0.2, -0.15) is 0 Å². The molecule has 2 aromatic rings. The molecule has 0 bridgehead atoms. The van der Waals surface area contributed by atoms with Gasteiger partial charge in [0.2, 0.25) is 5.91 Å². The molecule has 0 unspecified atom stereocenters. The molecule has 1 fully saturated rings. The molecular formula is C23H31IN4O3. The molecule has 0 aromatic heterocycles. The van der Waals surface area contributed by atoms with Gasteiger partial charge in [-0.3, -0.25) is 9.79 Å². The Morgan fingerprint density at radius 1 is 1.00 bits per heavy atom. The molecular weight excluding hydrogens is 507 g/mol. The van der Waals surface area contributed by atoms with E-state index in [9.17, 15) is 4.79 Å². The molecule has 7 nitrogen and oxygen atoms in total. The van der Waals surface area contributed by atoms with Crippen molar-refractivity contribution in [2.75, 3.05) is 27.8 Å². The highest BCUT2D eigenvalue weighted by atomic mass is 127. The topological polar surface area (TPSA) is 75.2 Å². The number of amides is 1. The zero-order valence-electron chi connectivity index (χ0n) is 18.3. The fourth-order valence-corrected chi connectivity index (χ4v) is 3.51. The number of halogens is 1. The van der Waals surface area contributed by atoms with Crippen molar-refractivity contribution < 1.29 is 14.3 Å². The van der Waals surface area contributed by atoms with Crippen LogP contribution in [0.3, 0.4) is 0 Å². The van der Waals surface area contributed by atoms with Crippen LogP contribution in [-0.4, -0.2) is 44.6 Å². The molecule has 1 heterocycles. The van der Waals surface area contributed by atoms with Crippen molar-refractivity contribution in [1.29, 1.82) is 0 Å². The van der Waals surface area contributed by atoms with Crippen LogP contribution in [-0.2, 0) is 24.4 Å². The summed E-state index contributed by atoms with van der Waals surface area (Å²) < 4.78 is 10.6. The highest BCUT2D eigenvalue weighted by molar-refractivity contribution is 14.0. The predicted octanol–water partition coefficient (Wildman–Crippen LogP) is 3.31. The first-order valence-electron chi connectivity index (χ1n) is 10.1. The summed E-state index contributed by atoms with van der Waals surface area (Å²) in [5, 5.41) is 6.65. The van der Waals surface area contributed by atoms with E-state index in [0.717, 1.165) is 29.7 Å². The molecule has 31 heavy (non-hydrogen) atoms. The number of nitrogens with zero attached hydrogens (tertiary/aromatic N) is 2. The number of carbonyl (C=O) groups is 1. The maximum absolute atomic E-state index is 11.9. The first-order chi connectivity index (χ1) is 14.6. The molecule has 1 saturated heterocycles.